The van der Waals surface area contributed by atoms with Crippen LogP contribution in [0.1, 0.15) is 48.7 Å². The van der Waals surface area contributed by atoms with Gasteiger partial charge in [0.05, 0.1) is 6.42 Å². The van der Waals surface area contributed by atoms with Gasteiger partial charge in [-0.25, -0.2) is 0 Å². The van der Waals surface area contributed by atoms with Crippen LogP contribution >= 0.6 is 11.5 Å². The first-order chi connectivity index (χ1) is 13.5. The summed E-state index contributed by atoms with van der Waals surface area (Å²) in [6.45, 7) is 1.45. The van der Waals surface area contributed by atoms with Crippen LogP contribution in [0.25, 0.3) is 0 Å². The molecule has 1 saturated carbocycles. The molecule has 2 atom stereocenters. The van der Waals surface area contributed by atoms with E-state index in [1.165, 1.54) is 18.5 Å². The van der Waals surface area contributed by atoms with Crippen LogP contribution in [0.3, 0.4) is 0 Å². The molecule has 0 bridgehead atoms. The summed E-state index contributed by atoms with van der Waals surface area (Å²) >= 11 is 1.24. The Labute approximate surface area is 168 Å². The lowest BCUT2D eigenvalue weighted by atomic mass is 9.90. The van der Waals surface area contributed by atoms with Crippen molar-refractivity contribution >= 4 is 34.9 Å². The predicted molar refractivity (Wildman–Crippen MR) is 108 cm³/mol. The number of carbonyl (C=O) groups excluding carboxylic acids is 3. The van der Waals surface area contributed by atoms with Crippen LogP contribution in [0.4, 0.5) is 5.69 Å². The average Bonchev–Trinajstić information content (AvgIpc) is 3.18. The zero-order chi connectivity index (χ0) is 19.9. The normalized spacial score (nSPS) is 18.9. The van der Waals surface area contributed by atoms with Crippen LogP contribution < -0.4 is 16.0 Å². The number of aromatic nitrogens is 1. The monoisotopic (exact) mass is 400 g/mol. The number of nitrogens with one attached hydrogen (secondary N) is 3. The summed E-state index contributed by atoms with van der Waals surface area (Å²) in [6, 6.07) is 8.74. The zero-order valence-electron chi connectivity index (χ0n) is 15.7. The van der Waals surface area contributed by atoms with Crippen molar-refractivity contribution in [2.45, 2.75) is 51.1 Å². The summed E-state index contributed by atoms with van der Waals surface area (Å²) in [4.78, 5) is 36.1. The molecule has 0 aliphatic heterocycles. The molecule has 3 rings (SSSR count). The molecule has 8 heteroatoms. The van der Waals surface area contributed by atoms with Gasteiger partial charge in [-0.15, -0.1) is 0 Å². The van der Waals surface area contributed by atoms with Crippen molar-refractivity contribution < 1.29 is 14.4 Å². The Hall–Kier alpha value is -2.74. The number of benzene rings is 1. The summed E-state index contributed by atoms with van der Waals surface area (Å²) < 4.78 is 4.06. The molecule has 1 fully saturated rings. The third-order valence-electron chi connectivity index (χ3n) is 4.71. The molecule has 0 radical (unpaired) electrons. The SMILES string of the molecule is CC(=O)Nc1cccc(CC(=O)N[C@@H]2CCCC[C@H]2NC(=O)c2ccsn2)c1. The van der Waals surface area contributed by atoms with Crippen LogP contribution in [-0.2, 0) is 16.0 Å². The topological polar surface area (TPSA) is 100 Å². The maximum absolute atomic E-state index is 12.6. The second-order valence-electron chi connectivity index (χ2n) is 6.98. The molecule has 1 heterocycles. The largest absolute Gasteiger partial charge is 0.351 e. The molecule has 148 valence electrons. The minimum absolute atomic E-state index is 0.0950. The lowest BCUT2D eigenvalue weighted by Gasteiger charge is -2.32. The van der Waals surface area contributed by atoms with Crippen molar-refractivity contribution in [3.8, 4) is 0 Å². The number of hydrogen-bond acceptors (Lipinski definition) is 5. The van der Waals surface area contributed by atoms with Crippen molar-refractivity contribution in [1.82, 2.24) is 15.0 Å². The van der Waals surface area contributed by atoms with Gasteiger partial charge in [-0.1, -0.05) is 25.0 Å². The summed E-state index contributed by atoms with van der Waals surface area (Å²) in [5, 5.41) is 10.6. The standard InChI is InChI=1S/C20H24N4O3S/c1-13(25)21-15-6-4-5-14(11-15)12-19(26)22-16-7-2-3-8-17(16)23-20(27)18-9-10-28-24-18/h4-6,9-11,16-17H,2-3,7-8,12H2,1H3,(H,21,25)(H,22,26)(H,23,27)/t16-,17-/m1/s1. The predicted octanol–water partition coefficient (Wildman–Crippen LogP) is 2.50. The molecule has 1 aromatic heterocycles. The maximum Gasteiger partial charge on any atom is 0.271 e. The Bertz CT molecular complexity index is 838. The van der Waals surface area contributed by atoms with Gasteiger partial charge in [-0.2, -0.15) is 4.37 Å². The minimum Gasteiger partial charge on any atom is -0.351 e. The van der Waals surface area contributed by atoms with Crippen molar-refractivity contribution in [3.05, 3.63) is 47.0 Å². The van der Waals surface area contributed by atoms with E-state index in [4.69, 9.17) is 0 Å². The summed E-state index contributed by atoms with van der Waals surface area (Å²) in [6.07, 6.45) is 3.92. The Morgan fingerprint density at radius 2 is 1.86 bits per heavy atom. The fourth-order valence-corrected chi connectivity index (χ4v) is 3.96. The number of rotatable bonds is 6. The van der Waals surface area contributed by atoms with Crippen LogP contribution in [0.15, 0.2) is 35.7 Å². The van der Waals surface area contributed by atoms with Gasteiger partial charge in [-0.3, -0.25) is 14.4 Å². The molecule has 1 aliphatic rings. The first-order valence-corrected chi connectivity index (χ1v) is 10.2. The minimum atomic E-state index is -0.199. The van der Waals surface area contributed by atoms with E-state index < -0.39 is 0 Å². The number of nitrogens with zero attached hydrogens (tertiary/aromatic N) is 1. The first-order valence-electron chi connectivity index (χ1n) is 9.38. The van der Waals surface area contributed by atoms with Gasteiger partial charge in [0.2, 0.25) is 11.8 Å². The molecule has 1 aliphatic carbocycles. The van der Waals surface area contributed by atoms with Gasteiger partial charge in [0.25, 0.3) is 5.91 Å². The quantitative estimate of drug-likeness (QED) is 0.694. The van der Waals surface area contributed by atoms with E-state index in [1.54, 1.807) is 23.6 Å². The van der Waals surface area contributed by atoms with Crippen molar-refractivity contribution in [3.63, 3.8) is 0 Å². The number of carbonyl (C=O) groups is 3. The number of anilines is 1. The van der Waals surface area contributed by atoms with Gasteiger partial charge < -0.3 is 16.0 Å². The summed E-state index contributed by atoms with van der Waals surface area (Å²) in [5.74, 6) is -0.447. The van der Waals surface area contributed by atoms with E-state index in [0.717, 1.165) is 31.2 Å². The molecule has 0 unspecified atom stereocenters. The molecule has 1 aromatic carbocycles. The lowest BCUT2D eigenvalue weighted by molar-refractivity contribution is -0.121. The van der Waals surface area contributed by atoms with E-state index in [-0.39, 0.29) is 36.2 Å². The second kappa shape index (κ2) is 9.45. The van der Waals surface area contributed by atoms with Crippen molar-refractivity contribution in [2.75, 3.05) is 5.32 Å². The van der Waals surface area contributed by atoms with Gasteiger partial charge in [0.15, 0.2) is 0 Å². The highest BCUT2D eigenvalue weighted by Crippen LogP contribution is 2.20. The molecule has 0 saturated heterocycles. The highest BCUT2D eigenvalue weighted by atomic mass is 32.1. The van der Waals surface area contributed by atoms with Gasteiger partial charge in [0.1, 0.15) is 5.69 Å². The van der Waals surface area contributed by atoms with Crippen LogP contribution in [0.2, 0.25) is 0 Å². The van der Waals surface area contributed by atoms with Crippen LogP contribution in [-0.4, -0.2) is 34.2 Å². The van der Waals surface area contributed by atoms with E-state index >= 15 is 0 Å². The van der Waals surface area contributed by atoms with Gasteiger partial charge in [0, 0.05) is 30.1 Å². The molecular formula is C20H24N4O3S. The Morgan fingerprint density at radius 1 is 1.11 bits per heavy atom. The lowest BCUT2D eigenvalue weighted by Crippen LogP contribution is -2.53. The molecule has 2 aromatic rings. The van der Waals surface area contributed by atoms with E-state index in [2.05, 4.69) is 20.3 Å². The van der Waals surface area contributed by atoms with Crippen LogP contribution in [0.5, 0.6) is 0 Å². The van der Waals surface area contributed by atoms with Gasteiger partial charge >= 0.3 is 0 Å². The molecule has 28 heavy (non-hydrogen) atoms. The van der Waals surface area contributed by atoms with Crippen molar-refractivity contribution in [2.24, 2.45) is 0 Å². The van der Waals surface area contributed by atoms with E-state index in [1.807, 2.05) is 12.1 Å². The molecular weight excluding hydrogens is 376 g/mol. The van der Waals surface area contributed by atoms with E-state index in [9.17, 15) is 14.4 Å². The summed E-state index contributed by atoms with van der Waals surface area (Å²) in [7, 11) is 0. The van der Waals surface area contributed by atoms with E-state index in [0.29, 0.717) is 11.4 Å². The third kappa shape index (κ3) is 5.63. The Kier molecular flexibility index (Phi) is 6.76. The fraction of sp³-hybridized carbons (Fsp3) is 0.400. The maximum atomic E-state index is 12.6. The average molecular weight is 401 g/mol. The third-order valence-corrected chi connectivity index (χ3v) is 5.27. The molecule has 3 N–H and O–H groups in total. The molecule has 0 spiro atoms. The highest BCUT2D eigenvalue weighted by Gasteiger charge is 2.28. The Morgan fingerprint density at radius 3 is 2.54 bits per heavy atom. The second-order valence-corrected chi connectivity index (χ2v) is 7.65. The molecule has 7 nitrogen and oxygen atoms in total. The smallest absolute Gasteiger partial charge is 0.271 e. The highest BCUT2D eigenvalue weighted by molar-refractivity contribution is 7.03. The van der Waals surface area contributed by atoms with Crippen LogP contribution in [0, 0.1) is 0 Å². The van der Waals surface area contributed by atoms with Crippen molar-refractivity contribution in [1.29, 1.82) is 0 Å². The number of amides is 3. The Balaban J connectivity index is 1.58. The molecule has 3 amide bonds. The first kappa shape index (κ1) is 20.0. The van der Waals surface area contributed by atoms with Gasteiger partial charge in [-0.05, 0) is 48.1 Å². The number of hydrogen-bond donors (Lipinski definition) is 3. The fourth-order valence-electron chi connectivity index (χ4n) is 3.45. The zero-order valence-corrected chi connectivity index (χ0v) is 16.6. The summed E-state index contributed by atoms with van der Waals surface area (Å²) in [5.41, 5.74) is 1.90.